The molecule has 1 atom stereocenters. The number of carbonyl (C=O) groups is 2. The molecule has 0 aliphatic carbocycles. The normalized spacial score (nSPS) is 17.3. The van der Waals surface area contributed by atoms with E-state index in [4.69, 9.17) is 16.6 Å². The molecule has 3 aromatic rings. The number of aliphatic imine (C=N–C) groups is 1. The predicted molar refractivity (Wildman–Crippen MR) is 123 cm³/mol. The van der Waals surface area contributed by atoms with E-state index in [0.717, 1.165) is 11.6 Å². The van der Waals surface area contributed by atoms with Gasteiger partial charge in [-0.25, -0.2) is 8.78 Å². The molecule has 5 nitrogen and oxygen atoms in total. The monoisotopic (exact) mass is 465 g/mol. The summed E-state index contributed by atoms with van der Waals surface area (Å²) in [6.07, 6.45) is 0.187. The van der Waals surface area contributed by atoms with Crippen molar-refractivity contribution in [2.24, 2.45) is 4.99 Å². The Balaban J connectivity index is 1.67. The minimum absolute atomic E-state index is 0.0649. The van der Waals surface area contributed by atoms with E-state index in [-0.39, 0.29) is 23.8 Å². The molecular weight excluding hydrogens is 448 g/mol. The lowest BCUT2D eigenvalue weighted by atomic mass is 9.98. The van der Waals surface area contributed by atoms with Gasteiger partial charge in [0.2, 0.25) is 5.91 Å². The number of hydrogen-bond acceptors (Lipinski definition) is 3. The van der Waals surface area contributed by atoms with Crippen LogP contribution in [0.1, 0.15) is 22.3 Å². The van der Waals surface area contributed by atoms with Crippen molar-refractivity contribution in [3.8, 4) is 0 Å². The quantitative estimate of drug-likeness (QED) is 0.617. The molecule has 0 radical (unpaired) electrons. The SMILES string of the molecule is CN1C(=O)C(Cc2cccc(F)c2F)N=C(c2ccc3c(c2)NC(=O)C3)c2cc(Cl)ccc21. The highest BCUT2D eigenvalue weighted by molar-refractivity contribution is 6.32. The Hall–Kier alpha value is -3.58. The number of amides is 2. The van der Waals surface area contributed by atoms with Crippen LogP contribution in [0.3, 0.4) is 0 Å². The molecular formula is C25H18ClF2N3O2. The number of likely N-dealkylation sites (N-methyl/N-ethyl adjacent to an activating group) is 1. The van der Waals surface area contributed by atoms with Crippen LogP contribution in [0.25, 0.3) is 0 Å². The fraction of sp³-hybridized carbons (Fsp3) is 0.160. The summed E-state index contributed by atoms with van der Waals surface area (Å²) >= 11 is 6.28. The van der Waals surface area contributed by atoms with Gasteiger partial charge in [-0.1, -0.05) is 35.9 Å². The first-order valence-corrected chi connectivity index (χ1v) is 10.7. The molecule has 166 valence electrons. The second kappa shape index (κ2) is 8.08. The molecule has 2 aliphatic heterocycles. The first-order valence-electron chi connectivity index (χ1n) is 10.3. The third-order valence-electron chi connectivity index (χ3n) is 5.93. The standard InChI is InChI=1S/C25H18ClF2N3O2/c1-31-21-8-7-16(26)12-17(21)24(15-6-5-13-11-22(32)29-19(13)10-15)30-20(25(31)33)9-14-3-2-4-18(27)23(14)28/h2-8,10,12,20H,9,11H2,1H3,(H,29,32). The summed E-state index contributed by atoms with van der Waals surface area (Å²) in [4.78, 5) is 31.3. The van der Waals surface area contributed by atoms with E-state index in [1.165, 1.54) is 17.0 Å². The number of nitrogens with one attached hydrogen (secondary N) is 1. The lowest BCUT2D eigenvalue weighted by Gasteiger charge is -2.20. The van der Waals surface area contributed by atoms with Gasteiger partial charge < -0.3 is 10.2 Å². The highest BCUT2D eigenvalue weighted by atomic mass is 35.5. The molecule has 0 saturated heterocycles. The molecule has 0 saturated carbocycles. The van der Waals surface area contributed by atoms with Crippen molar-refractivity contribution < 1.29 is 18.4 Å². The van der Waals surface area contributed by atoms with Crippen LogP contribution in [0.15, 0.2) is 59.6 Å². The van der Waals surface area contributed by atoms with Gasteiger partial charge in [-0.05, 0) is 41.5 Å². The average Bonchev–Trinajstić information content (AvgIpc) is 3.13. The second-order valence-electron chi connectivity index (χ2n) is 8.07. The van der Waals surface area contributed by atoms with Crippen molar-refractivity contribution in [3.05, 3.63) is 93.5 Å². The molecule has 1 unspecified atom stereocenters. The lowest BCUT2D eigenvalue weighted by molar-refractivity contribution is -0.119. The van der Waals surface area contributed by atoms with Crippen molar-refractivity contribution in [2.45, 2.75) is 18.9 Å². The van der Waals surface area contributed by atoms with Gasteiger partial charge in [0.25, 0.3) is 5.91 Å². The molecule has 5 rings (SSSR count). The van der Waals surface area contributed by atoms with Gasteiger partial charge >= 0.3 is 0 Å². The molecule has 33 heavy (non-hydrogen) atoms. The summed E-state index contributed by atoms with van der Waals surface area (Å²) in [7, 11) is 1.62. The molecule has 2 amide bonds. The fourth-order valence-corrected chi connectivity index (χ4v) is 4.42. The Kier molecular flexibility index (Phi) is 5.21. The number of rotatable bonds is 3. The van der Waals surface area contributed by atoms with Crippen LogP contribution in [0.2, 0.25) is 5.02 Å². The third kappa shape index (κ3) is 3.78. The van der Waals surface area contributed by atoms with Crippen molar-refractivity contribution >= 4 is 40.5 Å². The van der Waals surface area contributed by atoms with E-state index in [0.29, 0.717) is 39.7 Å². The molecule has 2 aliphatic rings. The second-order valence-corrected chi connectivity index (χ2v) is 8.50. The van der Waals surface area contributed by atoms with Crippen LogP contribution in [0.4, 0.5) is 20.2 Å². The minimum atomic E-state index is -0.991. The number of fused-ring (bicyclic) bond motifs is 2. The van der Waals surface area contributed by atoms with Crippen LogP contribution in [-0.4, -0.2) is 30.6 Å². The molecule has 0 spiro atoms. The van der Waals surface area contributed by atoms with E-state index >= 15 is 0 Å². The summed E-state index contributed by atoms with van der Waals surface area (Å²) in [6.45, 7) is 0. The smallest absolute Gasteiger partial charge is 0.251 e. The number of hydrogen-bond donors (Lipinski definition) is 1. The maximum absolute atomic E-state index is 14.4. The van der Waals surface area contributed by atoms with Crippen LogP contribution in [0.5, 0.6) is 0 Å². The van der Waals surface area contributed by atoms with E-state index in [9.17, 15) is 18.4 Å². The Morgan fingerprint density at radius 3 is 2.76 bits per heavy atom. The zero-order valence-corrected chi connectivity index (χ0v) is 18.3. The molecule has 0 aromatic heterocycles. The summed E-state index contributed by atoms with van der Waals surface area (Å²) in [5, 5.41) is 3.29. The summed E-state index contributed by atoms with van der Waals surface area (Å²) < 4.78 is 28.2. The number of benzodiazepines with no additional fused rings is 1. The first-order chi connectivity index (χ1) is 15.8. The Morgan fingerprint density at radius 2 is 1.94 bits per heavy atom. The van der Waals surface area contributed by atoms with Gasteiger partial charge in [-0.15, -0.1) is 0 Å². The fourth-order valence-electron chi connectivity index (χ4n) is 4.25. The molecule has 8 heteroatoms. The van der Waals surface area contributed by atoms with E-state index in [2.05, 4.69) is 5.32 Å². The van der Waals surface area contributed by atoms with E-state index in [1.807, 2.05) is 12.1 Å². The van der Waals surface area contributed by atoms with Crippen LogP contribution in [0, 0.1) is 11.6 Å². The number of benzene rings is 3. The van der Waals surface area contributed by atoms with Gasteiger partial charge in [0.1, 0.15) is 6.04 Å². The third-order valence-corrected chi connectivity index (χ3v) is 6.16. The Morgan fingerprint density at radius 1 is 1.12 bits per heavy atom. The maximum Gasteiger partial charge on any atom is 0.251 e. The Labute approximate surface area is 193 Å². The summed E-state index contributed by atoms with van der Waals surface area (Å²) in [5.74, 6) is -2.42. The van der Waals surface area contributed by atoms with Crippen molar-refractivity contribution in [1.82, 2.24) is 0 Å². The zero-order valence-electron chi connectivity index (χ0n) is 17.5. The molecule has 0 fully saturated rings. The van der Waals surface area contributed by atoms with Gasteiger partial charge in [-0.3, -0.25) is 14.6 Å². The van der Waals surface area contributed by atoms with Gasteiger partial charge in [-0.2, -0.15) is 0 Å². The van der Waals surface area contributed by atoms with Gasteiger partial charge in [0, 0.05) is 35.3 Å². The minimum Gasteiger partial charge on any atom is -0.326 e. The Bertz CT molecular complexity index is 1360. The van der Waals surface area contributed by atoms with E-state index < -0.39 is 17.7 Å². The van der Waals surface area contributed by atoms with Crippen molar-refractivity contribution in [2.75, 3.05) is 17.3 Å². The highest BCUT2D eigenvalue weighted by Crippen LogP contribution is 2.33. The predicted octanol–water partition coefficient (Wildman–Crippen LogP) is 4.54. The highest BCUT2D eigenvalue weighted by Gasteiger charge is 2.31. The summed E-state index contributed by atoms with van der Waals surface area (Å²) in [6, 6.07) is 13.5. The number of carbonyl (C=O) groups excluding carboxylic acids is 2. The molecule has 0 bridgehead atoms. The van der Waals surface area contributed by atoms with E-state index in [1.54, 1.807) is 31.3 Å². The largest absolute Gasteiger partial charge is 0.326 e. The lowest BCUT2D eigenvalue weighted by Crippen LogP contribution is -2.36. The van der Waals surface area contributed by atoms with Gasteiger partial charge in [0.05, 0.1) is 17.8 Å². The van der Waals surface area contributed by atoms with Gasteiger partial charge in [0.15, 0.2) is 11.6 Å². The molecule has 3 aromatic carbocycles. The van der Waals surface area contributed by atoms with Crippen molar-refractivity contribution in [1.29, 1.82) is 0 Å². The number of nitrogens with zero attached hydrogens (tertiary/aromatic N) is 2. The van der Waals surface area contributed by atoms with Crippen molar-refractivity contribution in [3.63, 3.8) is 0 Å². The molecule has 2 heterocycles. The van der Waals surface area contributed by atoms with Crippen LogP contribution >= 0.6 is 11.6 Å². The molecule has 1 N–H and O–H groups in total. The maximum atomic E-state index is 14.4. The summed E-state index contributed by atoms with van der Waals surface area (Å²) in [5.41, 5.74) is 3.99. The van der Waals surface area contributed by atoms with Crippen LogP contribution < -0.4 is 10.2 Å². The average molecular weight is 466 g/mol. The topological polar surface area (TPSA) is 61.8 Å². The van der Waals surface area contributed by atoms with Crippen LogP contribution in [-0.2, 0) is 22.4 Å². The first kappa shape index (κ1) is 21.3. The number of anilines is 2. The number of halogens is 3. The zero-order chi connectivity index (χ0) is 23.3.